The molecule has 8 heteroatoms. The zero-order valence-electron chi connectivity index (χ0n) is 15.4. The first-order valence-electron chi connectivity index (χ1n) is 9.09. The fourth-order valence-electron chi connectivity index (χ4n) is 3.06. The predicted molar refractivity (Wildman–Crippen MR) is 103 cm³/mol. The molecule has 0 spiro atoms. The number of hydrogen-bond donors (Lipinski definition) is 1. The predicted octanol–water partition coefficient (Wildman–Crippen LogP) is 2.89. The molecule has 0 amide bonds. The molecule has 0 bridgehead atoms. The van der Waals surface area contributed by atoms with Crippen LogP contribution in [0.15, 0.2) is 45.7 Å². The van der Waals surface area contributed by atoms with Gasteiger partial charge in [-0.2, -0.15) is 4.31 Å². The summed E-state index contributed by atoms with van der Waals surface area (Å²) in [6.07, 6.45) is 7.40. The van der Waals surface area contributed by atoms with E-state index in [1.165, 1.54) is 47.0 Å². The van der Waals surface area contributed by atoms with E-state index in [4.69, 9.17) is 0 Å². The third-order valence-electron chi connectivity index (χ3n) is 4.60. The van der Waals surface area contributed by atoms with Crippen LogP contribution in [0.2, 0.25) is 0 Å². The van der Waals surface area contributed by atoms with Crippen molar-refractivity contribution in [2.75, 3.05) is 19.6 Å². The Morgan fingerprint density at radius 2 is 1.58 bits per heavy atom. The minimum atomic E-state index is -3.64. The van der Waals surface area contributed by atoms with Gasteiger partial charge in [0.15, 0.2) is 0 Å². The summed E-state index contributed by atoms with van der Waals surface area (Å²) in [6.45, 7) is 4.64. The van der Waals surface area contributed by atoms with E-state index >= 15 is 0 Å². The normalized spacial score (nSPS) is 15.9. The monoisotopic (exact) mass is 400 g/mol. The summed E-state index contributed by atoms with van der Waals surface area (Å²) < 4.78 is 53.6. The maximum Gasteiger partial charge on any atom is 0.243 e. The van der Waals surface area contributed by atoms with Crippen LogP contribution in [-0.2, 0) is 20.0 Å². The third kappa shape index (κ3) is 5.16. The summed E-state index contributed by atoms with van der Waals surface area (Å²) >= 11 is 0. The summed E-state index contributed by atoms with van der Waals surface area (Å²) in [5.74, 6) is 0. The van der Waals surface area contributed by atoms with Gasteiger partial charge in [0.1, 0.15) is 0 Å². The zero-order valence-corrected chi connectivity index (χ0v) is 17.1. The Hall–Kier alpha value is -1.22. The van der Waals surface area contributed by atoms with E-state index in [0.717, 1.165) is 12.8 Å². The lowest BCUT2D eigenvalue weighted by atomic mass is 9.97. The van der Waals surface area contributed by atoms with Gasteiger partial charge in [0.25, 0.3) is 0 Å². The molecule has 0 atom stereocenters. The van der Waals surface area contributed by atoms with Gasteiger partial charge in [-0.1, -0.05) is 25.5 Å². The van der Waals surface area contributed by atoms with Crippen molar-refractivity contribution in [2.45, 2.75) is 55.7 Å². The number of benzene rings is 1. The molecule has 1 aliphatic carbocycles. The molecular weight excluding hydrogens is 372 g/mol. The van der Waals surface area contributed by atoms with Crippen LogP contribution in [0.25, 0.3) is 0 Å². The van der Waals surface area contributed by atoms with Gasteiger partial charge in [-0.25, -0.2) is 21.6 Å². The zero-order chi connectivity index (χ0) is 19.2. The highest BCUT2D eigenvalue weighted by Crippen LogP contribution is 2.21. The van der Waals surface area contributed by atoms with Gasteiger partial charge >= 0.3 is 0 Å². The first kappa shape index (κ1) is 21.1. The molecule has 0 fully saturated rings. The van der Waals surface area contributed by atoms with E-state index in [0.29, 0.717) is 26.1 Å². The van der Waals surface area contributed by atoms with Crippen LogP contribution in [-0.4, -0.2) is 40.8 Å². The molecule has 0 saturated heterocycles. The molecule has 1 aromatic rings. The number of sulfonamides is 2. The largest absolute Gasteiger partial charge is 0.243 e. The Morgan fingerprint density at radius 3 is 2.12 bits per heavy atom. The molecular formula is C18H28N2O4S2. The highest BCUT2D eigenvalue weighted by atomic mass is 32.2. The standard InChI is InChI=1S/C18H28N2O4S2/c1-3-20(4-2)26(23,24)18-12-10-17(11-13-18)25(21,22)19-15-14-16-8-6-5-7-9-16/h8,10-13,19H,3-7,9,14-15H2,1-2H3. The summed E-state index contributed by atoms with van der Waals surface area (Å²) in [4.78, 5) is 0.182. The SMILES string of the molecule is CCN(CC)S(=O)(=O)c1ccc(S(=O)(=O)NCCC2=CCCCC2)cc1. The summed E-state index contributed by atoms with van der Waals surface area (Å²) in [6, 6.07) is 5.40. The van der Waals surface area contributed by atoms with E-state index in [1.807, 2.05) is 0 Å². The van der Waals surface area contributed by atoms with Crippen LogP contribution in [0, 0.1) is 0 Å². The highest BCUT2D eigenvalue weighted by Gasteiger charge is 2.22. The molecule has 0 radical (unpaired) electrons. The van der Waals surface area contributed by atoms with Gasteiger partial charge in [-0.15, -0.1) is 0 Å². The lowest BCUT2D eigenvalue weighted by Gasteiger charge is -2.18. The van der Waals surface area contributed by atoms with Gasteiger partial charge in [0.05, 0.1) is 9.79 Å². The van der Waals surface area contributed by atoms with Crippen LogP contribution in [0.1, 0.15) is 46.0 Å². The Morgan fingerprint density at radius 1 is 0.962 bits per heavy atom. The third-order valence-corrected chi connectivity index (χ3v) is 8.14. The minimum absolute atomic E-state index is 0.0774. The second-order valence-corrected chi connectivity index (χ2v) is 10.0. The topological polar surface area (TPSA) is 83.6 Å². The molecule has 146 valence electrons. The minimum Gasteiger partial charge on any atom is -0.211 e. The summed E-state index contributed by atoms with van der Waals surface area (Å²) in [7, 11) is -7.22. The molecule has 0 saturated carbocycles. The molecule has 6 nitrogen and oxygen atoms in total. The van der Waals surface area contributed by atoms with Crippen molar-refractivity contribution in [1.82, 2.24) is 9.03 Å². The van der Waals surface area contributed by atoms with E-state index in [9.17, 15) is 16.8 Å². The number of rotatable bonds is 9. The van der Waals surface area contributed by atoms with Gasteiger partial charge in [-0.05, 0) is 56.4 Å². The lowest BCUT2D eigenvalue weighted by molar-refractivity contribution is 0.445. The molecule has 2 rings (SSSR count). The van der Waals surface area contributed by atoms with Crippen molar-refractivity contribution < 1.29 is 16.8 Å². The maximum absolute atomic E-state index is 12.5. The van der Waals surface area contributed by atoms with Gasteiger partial charge < -0.3 is 0 Å². The van der Waals surface area contributed by atoms with E-state index in [2.05, 4.69) is 10.8 Å². The molecule has 0 aromatic heterocycles. The Bertz CT molecular complexity index is 824. The second-order valence-electron chi connectivity index (χ2n) is 6.32. The molecule has 0 unspecified atom stereocenters. The van der Waals surface area contributed by atoms with Crippen LogP contribution in [0.5, 0.6) is 0 Å². The molecule has 1 aliphatic rings. The van der Waals surface area contributed by atoms with E-state index in [1.54, 1.807) is 13.8 Å². The number of nitrogens with one attached hydrogen (secondary N) is 1. The van der Waals surface area contributed by atoms with Gasteiger partial charge in [-0.3, -0.25) is 0 Å². The van der Waals surface area contributed by atoms with Gasteiger partial charge in [0.2, 0.25) is 20.0 Å². The van der Waals surface area contributed by atoms with E-state index in [-0.39, 0.29) is 9.79 Å². The Kier molecular flexibility index (Phi) is 7.40. The van der Waals surface area contributed by atoms with Crippen LogP contribution >= 0.6 is 0 Å². The molecule has 26 heavy (non-hydrogen) atoms. The smallest absolute Gasteiger partial charge is 0.211 e. The lowest BCUT2D eigenvalue weighted by Crippen LogP contribution is -2.30. The first-order valence-corrected chi connectivity index (χ1v) is 12.0. The number of allylic oxidation sites excluding steroid dienone is 1. The fourth-order valence-corrected chi connectivity index (χ4v) is 5.55. The number of hydrogen-bond acceptors (Lipinski definition) is 4. The van der Waals surface area contributed by atoms with E-state index < -0.39 is 20.0 Å². The quantitative estimate of drug-likeness (QED) is 0.646. The molecule has 0 aliphatic heterocycles. The Balaban J connectivity index is 2.05. The number of nitrogens with zero attached hydrogens (tertiary/aromatic N) is 1. The van der Waals surface area contributed by atoms with Crippen molar-refractivity contribution >= 4 is 20.0 Å². The van der Waals surface area contributed by atoms with Crippen molar-refractivity contribution in [3.63, 3.8) is 0 Å². The van der Waals surface area contributed by atoms with Crippen molar-refractivity contribution in [3.8, 4) is 0 Å². The second kappa shape index (κ2) is 9.12. The van der Waals surface area contributed by atoms with Crippen LogP contribution in [0.3, 0.4) is 0 Å². The van der Waals surface area contributed by atoms with Crippen LogP contribution < -0.4 is 4.72 Å². The van der Waals surface area contributed by atoms with Crippen LogP contribution in [0.4, 0.5) is 0 Å². The summed E-state index contributed by atoms with van der Waals surface area (Å²) in [5.41, 5.74) is 1.31. The average molecular weight is 401 g/mol. The highest BCUT2D eigenvalue weighted by molar-refractivity contribution is 7.89. The van der Waals surface area contributed by atoms with Crippen molar-refractivity contribution in [3.05, 3.63) is 35.9 Å². The molecule has 1 N–H and O–H groups in total. The van der Waals surface area contributed by atoms with Gasteiger partial charge in [0, 0.05) is 19.6 Å². The van der Waals surface area contributed by atoms with Crippen molar-refractivity contribution in [2.24, 2.45) is 0 Å². The molecule has 0 heterocycles. The summed E-state index contributed by atoms with van der Waals surface area (Å²) in [5, 5.41) is 0. The maximum atomic E-state index is 12.5. The van der Waals surface area contributed by atoms with Crippen molar-refractivity contribution in [1.29, 1.82) is 0 Å². The first-order chi connectivity index (χ1) is 12.3. The Labute approximate surface area is 157 Å². The fraction of sp³-hybridized carbons (Fsp3) is 0.556. The average Bonchev–Trinajstić information content (AvgIpc) is 2.63. The molecule has 1 aromatic carbocycles.